The number of para-hydroxylation sites is 1. The highest BCUT2D eigenvalue weighted by Crippen LogP contribution is 2.31. The van der Waals surface area contributed by atoms with Crippen LogP contribution in [-0.4, -0.2) is 25.3 Å². The Morgan fingerprint density at radius 3 is 2.36 bits per heavy atom. The number of rotatable bonds is 5. The van der Waals surface area contributed by atoms with Crippen molar-refractivity contribution in [3.63, 3.8) is 0 Å². The van der Waals surface area contributed by atoms with E-state index in [1.807, 2.05) is 0 Å². The lowest BCUT2D eigenvalue weighted by Crippen LogP contribution is -2.05. The van der Waals surface area contributed by atoms with Crippen LogP contribution in [-0.2, 0) is 14.3 Å². The lowest BCUT2D eigenvalue weighted by atomic mass is 10.1. The third kappa shape index (κ3) is 3.58. The summed E-state index contributed by atoms with van der Waals surface area (Å²) in [6.45, 7) is 0. The van der Waals surface area contributed by atoms with Crippen molar-refractivity contribution >= 4 is 11.5 Å². The van der Waals surface area contributed by atoms with E-state index in [4.69, 9.17) is 14.2 Å². The van der Waals surface area contributed by atoms with E-state index in [9.17, 15) is 9.90 Å². The zero-order chi connectivity index (χ0) is 15.9. The second kappa shape index (κ2) is 7.17. The van der Waals surface area contributed by atoms with E-state index < -0.39 is 5.97 Å². The maximum absolute atomic E-state index is 11.9. The Labute approximate surface area is 128 Å². The van der Waals surface area contributed by atoms with E-state index >= 15 is 0 Å². The molecule has 0 saturated carbocycles. The van der Waals surface area contributed by atoms with Crippen LogP contribution in [0, 0.1) is 0 Å². The Balaban J connectivity index is 2.39. The molecular weight excluding hydrogens is 284 g/mol. The molecule has 0 unspecified atom stereocenters. The van der Waals surface area contributed by atoms with Crippen molar-refractivity contribution in [2.45, 2.75) is 0 Å². The van der Waals surface area contributed by atoms with Gasteiger partial charge in [-0.2, -0.15) is 0 Å². The predicted molar refractivity (Wildman–Crippen MR) is 81.6 cm³/mol. The van der Waals surface area contributed by atoms with Gasteiger partial charge in [0.25, 0.3) is 0 Å². The Morgan fingerprint density at radius 1 is 1.05 bits per heavy atom. The summed E-state index contributed by atoms with van der Waals surface area (Å²) < 4.78 is 15.5. The Hall–Kier alpha value is -2.95. The number of carbonyl (C=O) groups excluding carboxylic acids is 1. The van der Waals surface area contributed by atoms with Crippen molar-refractivity contribution in [3.05, 3.63) is 60.4 Å². The van der Waals surface area contributed by atoms with Gasteiger partial charge < -0.3 is 19.3 Å². The number of benzene rings is 2. The number of phenolic OH excluding ortho intramolecular Hbond substituents is 1. The third-order valence-corrected chi connectivity index (χ3v) is 2.88. The first-order valence-electron chi connectivity index (χ1n) is 6.53. The molecule has 2 rings (SSSR count). The van der Waals surface area contributed by atoms with Gasteiger partial charge >= 0.3 is 5.97 Å². The van der Waals surface area contributed by atoms with Crippen molar-refractivity contribution in [3.8, 4) is 17.2 Å². The van der Waals surface area contributed by atoms with E-state index in [1.165, 1.54) is 32.6 Å². The van der Waals surface area contributed by atoms with E-state index in [-0.39, 0.29) is 11.3 Å². The van der Waals surface area contributed by atoms with Gasteiger partial charge in [0.05, 0.1) is 20.5 Å². The molecule has 2 aromatic carbocycles. The van der Waals surface area contributed by atoms with Crippen molar-refractivity contribution < 1.29 is 24.1 Å². The van der Waals surface area contributed by atoms with Crippen LogP contribution in [0.15, 0.2) is 54.8 Å². The molecule has 0 atom stereocenters. The lowest BCUT2D eigenvalue weighted by Gasteiger charge is -2.12. The minimum atomic E-state index is -0.524. The lowest BCUT2D eigenvalue weighted by molar-refractivity contribution is -0.133. The molecule has 22 heavy (non-hydrogen) atoms. The molecule has 0 bridgehead atoms. The highest BCUT2D eigenvalue weighted by Gasteiger charge is 2.17. The molecule has 0 aliphatic carbocycles. The van der Waals surface area contributed by atoms with Crippen LogP contribution in [0.25, 0.3) is 5.57 Å². The summed E-state index contributed by atoms with van der Waals surface area (Å²) in [5.74, 6) is 0.632. The van der Waals surface area contributed by atoms with E-state index in [1.54, 1.807) is 36.4 Å². The van der Waals surface area contributed by atoms with Crippen LogP contribution in [0.3, 0.4) is 0 Å². The Morgan fingerprint density at radius 2 is 1.73 bits per heavy atom. The summed E-state index contributed by atoms with van der Waals surface area (Å²) in [7, 11) is 2.75. The van der Waals surface area contributed by atoms with Gasteiger partial charge in [0, 0.05) is 5.56 Å². The maximum atomic E-state index is 11.9. The number of hydrogen-bond donors (Lipinski definition) is 1. The van der Waals surface area contributed by atoms with Crippen molar-refractivity contribution in [2.24, 2.45) is 0 Å². The average molecular weight is 300 g/mol. The quantitative estimate of drug-likeness (QED) is 0.521. The third-order valence-electron chi connectivity index (χ3n) is 2.88. The number of phenols is 1. The second-order valence-electron chi connectivity index (χ2n) is 4.35. The van der Waals surface area contributed by atoms with Crippen LogP contribution >= 0.6 is 0 Å². The molecule has 0 fully saturated rings. The molecule has 5 nitrogen and oxygen atoms in total. The van der Waals surface area contributed by atoms with E-state index in [0.717, 1.165) is 0 Å². The molecule has 0 amide bonds. The molecule has 0 spiro atoms. The molecule has 0 radical (unpaired) electrons. The molecule has 114 valence electrons. The van der Waals surface area contributed by atoms with Crippen LogP contribution in [0.1, 0.15) is 5.56 Å². The summed E-state index contributed by atoms with van der Waals surface area (Å²) in [4.78, 5) is 11.9. The molecule has 5 heteroatoms. The van der Waals surface area contributed by atoms with Gasteiger partial charge in [0.1, 0.15) is 22.8 Å². The summed E-state index contributed by atoms with van der Waals surface area (Å²) in [5, 5.41) is 9.30. The number of hydrogen-bond acceptors (Lipinski definition) is 5. The van der Waals surface area contributed by atoms with Gasteiger partial charge in [-0.25, -0.2) is 4.79 Å². The molecule has 2 aromatic rings. The number of aromatic hydroxyl groups is 1. The molecule has 0 aromatic heterocycles. The number of esters is 1. The largest absolute Gasteiger partial charge is 0.508 e. The maximum Gasteiger partial charge on any atom is 0.341 e. The number of ether oxygens (including phenoxy) is 3. The van der Waals surface area contributed by atoms with E-state index in [0.29, 0.717) is 17.1 Å². The summed E-state index contributed by atoms with van der Waals surface area (Å²) in [6, 6.07) is 13.3. The smallest absolute Gasteiger partial charge is 0.341 e. The van der Waals surface area contributed by atoms with Crippen LogP contribution < -0.4 is 4.74 Å². The van der Waals surface area contributed by atoms with Gasteiger partial charge in [0.15, 0.2) is 0 Å². The van der Waals surface area contributed by atoms with E-state index in [2.05, 4.69) is 0 Å². The first-order valence-corrected chi connectivity index (χ1v) is 6.53. The fourth-order valence-corrected chi connectivity index (χ4v) is 1.87. The second-order valence-corrected chi connectivity index (χ2v) is 4.35. The van der Waals surface area contributed by atoms with Gasteiger partial charge in [-0.05, 0) is 30.3 Å². The minimum Gasteiger partial charge on any atom is -0.508 e. The number of carbonyl (C=O) groups is 1. The average Bonchev–Trinajstić information content (AvgIpc) is 2.55. The Bertz CT molecular complexity index is 674. The van der Waals surface area contributed by atoms with Crippen molar-refractivity contribution in [2.75, 3.05) is 14.2 Å². The van der Waals surface area contributed by atoms with Crippen molar-refractivity contribution in [1.29, 1.82) is 0 Å². The summed E-state index contributed by atoms with van der Waals surface area (Å²) in [5.41, 5.74) is 0.795. The highest BCUT2D eigenvalue weighted by molar-refractivity contribution is 6.17. The fourth-order valence-electron chi connectivity index (χ4n) is 1.87. The molecular formula is C17H16O5. The Kier molecular flexibility index (Phi) is 5.03. The first kappa shape index (κ1) is 15.4. The van der Waals surface area contributed by atoms with Crippen LogP contribution in [0.2, 0.25) is 0 Å². The molecule has 0 heterocycles. The van der Waals surface area contributed by atoms with Gasteiger partial charge in [-0.1, -0.05) is 18.2 Å². The van der Waals surface area contributed by atoms with Gasteiger partial charge in [0.2, 0.25) is 0 Å². The fraction of sp³-hybridized carbons (Fsp3) is 0.118. The SMILES string of the molecule is COC=C(C(=O)OC)c1ccccc1Oc1ccc(O)cc1. The number of methoxy groups -OCH3 is 2. The zero-order valence-corrected chi connectivity index (χ0v) is 12.3. The first-order chi connectivity index (χ1) is 10.7. The molecule has 0 aliphatic heterocycles. The normalized spacial score (nSPS) is 10.9. The standard InChI is InChI=1S/C17H16O5/c1-20-11-15(17(19)21-2)14-5-3-4-6-16(14)22-13-9-7-12(18)8-10-13/h3-11,18H,1-2H3. The molecule has 0 saturated heterocycles. The molecule has 0 aliphatic rings. The highest BCUT2D eigenvalue weighted by atomic mass is 16.5. The molecule has 1 N–H and O–H groups in total. The minimum absolute atomic E-state index is 0.148. The van der Waals surface area contributed by atoms with Crippen LogP contribution in [0.4, 0.5) is 0 Å². The topological polar surface area (TPSA) is 65.0 Å². The van der Waals surface area contributed by atoms with Gasteiger partial charge in [-0.15, -0.1) is 0 Å². The monoisotopic (exact) mass is 300 g/mol. The summed E-state index contributed by atoms with van der Waals surface area (Å²) in [6.07, 6.45) is 1.31. The van der Waals surface area contributed by atoms with Crippen LogP contribution in [0.5, 0.6) is 17.2 Å². The summed E-state index contributed by atoms with van der Waals surface area (Å²) >= 11 is 0. The van der Waals surface area contributed by atoms with Crippen molar-refractivity contribution in [1.82, 2.24) is 0 Å². The van der Waals surface area contributed by atoms with Gasteiger partial charge in [-0.3, -0.25) is 0 Å². The zero-order valence-electron chi connectivity index (χ0n) is 12.3. The predicted octanol–water partition coefficient (Wildman–Crippen LogP) is 3.34.